The number of carbonyl (C=O) groups is 2. The van der Waals surface area contributed by atoms with Crippen LogP contribution in [0.1, 0.15) is 485 Å². The van der Waals surface area contributed by atoms with Crippen molar-refractivity contribution in [2.24, 2.45) is 0 Å². The lowest BCUT2D eigenvalue weighted by atomic mass is 9.79. The van der Waals surface area contributed by atoms with E-state index in [4.69, 9.17) is 0 Å². The molecule has 0 aliphatic carbocycles. The van der Waals surface area contributed by atoms with Crippen LogP contribution >= 0.6 is 17.0 Å². The summed E-state index contributed by atoms with van der Waals surface area (Å²) in [7, 11) is 2.16. The minimum Gasteiger partial charge on any atom is -0.333 e. The van der Waals surface area contributed by atoms with E-state index >= 15 is 9.59 Å². The summed E-state index contributed by atoms with van der Waals surface area (Å²) in [6.45, 7) is 23.7. The van der Waals surface area contributed by atoms with Crippen molar-refractivity contribution in [3.05, 3.63) is 25.3 Å². The highest BCUT2D eigenvalue weighted by molar-refractivity contribution is 8.93. The first-order chi connectivity index (χ1) is 44.7. The average molecular weight is 1360 g/mol. The van der Waals surface area contributed by atoms with Crippen LogP contribution in [-0.2, 0) is 9.59 Å². The highest BCUT2D eigenvalue weighted by Crippen LogP contribution is 2.40. The second-order valence-corrected chi connectivity index (χ2v) is 30.1. The first kappa shape index (κ1) is 92.9. The van der Waals surface area contributed by atoms with Gasteiger partial charge in [-0.1, -0.05) is 452 Å². The smallest absolute Gasteiger partial charge is 0.246 e. The first-order valence-electron chi connectivity index (χ1n) is 42.3. The molecule has 0 aliphatic heterocycles. The van der Waals surface area contributed by atoms with E-state index in [1.54, 1.807) is 0 Å². The molecule has 5 nitrogen and oxygen atoms in total. The van der Waals surface area contributed by atoms with Gasteiger partial charge in [-0.25, -0.2) is 5.01 Å². The van der Waals surface area contributed by atoms with Crippen LogP contribution in [-0.4, -0.2) is 57.9 Å². The van der Waals surface area contributed by atoms with Crippen LogP contribution < -0.4 is 0 Å². The Kier molecular flexibility index (Phi) is 73.3. The Morgan fingerprint density at radius 1 is 0.261 bits per heavy atom. The molecular weight excluding hydrogens is 1190 g/mol. The van der Waals surface area contributed by atoms with E-state index in [-0.39, 0.29) is 46.3 Å². The normalized spacial score (nSPS) is 11.9. The summed E-state index contributed by atoms with van der Waals surface area (Å²) >= 11 is 0. The van der Waals surface area contributed by atoms with Gasteiger partial charge in [0.05, 0.1) is 5.54 Å². The largest absolute Gasteiger partial charge is 0.333 e. The average Bonchev–Trinajstić information content (AvgIpc) is 0.804. The van der Waals surface area contributed by atoms with E-state index in [9.17, 15) is 0 Å². The molecule has 0 aromatic carbocycles. The Labute approximate surface area is 590 Å². The minimum atomic E-state index is -0.323. The minimum absolute atomic E-state index is 0. The van der Waals surface area contributed by atoms with Gasteiger partial charge in [0, 0.05) is 25.7 Å². The fourth-order valence-corrected chi connectivity index (χ4v) is 15.5. The standard InChI is InChI=1S/C86H169N3O2.BrH/c1-10-18-24-30-36-42-48-54-58-64-70-76-85(74-68-62-56-50-44-38-32-26-20-12-3,75-69-63-57-51-45-39-33-27-21-13-4)88(81-17-8)83(90)82-84(91)89(87(9)80-16-7)86(77-71-65-59-52-46-40-34-28-22-14-5,78-72-66-60-53-47-41-35-29-23-15-6)79-73-67-61-55-49-43-37-31-25-19-11-2;/h16-17H,7-8,10-15,18-82H2,1-6,9H3;1H. The molecule has 92 heavy (non-hydrogen) atoms. The highest BCUT2D eigenvalue weighted by atomic mass is 79.9. The summed E-state index contributed by atoms with van der Waals surface area (Å²) < 4.78 is 0. The summed E-state index contributed by atoms with van der Waals surface area (Å²) in [5.74, 6) is 0.0951. The third-order valence-electron chi connectivity index (χ3n) is 21.4. The Bertz CT molecular complexity index is 1470. The molecule has 0 heterocycles. The number of amides is 2. The SMILES string of the molecule is Br.C=CCN(C)N(C(=O)CC(=O)N(CC=C)C(CCCCCCCCCCCC)(CCCCCCCCCCCC)CCCCCCCCCCCCC)C(CCCCCCCCCCCC)(CCCCCCCCCCCC)CCCCCCCCCCCCC. The number of hydrazine groups is 1. The third-order valence-corrected chi connectivity index (χ3v) is 21.4. The van der Waals surface area contributed by atoms with Crippen molar-refractivity contribution in [3.63, 3.8) is 0 Å². The zero-order valence-corrected chi connectivity index (χ0v) is 66.1. The molecule has 0 aromatic heterocycles. The predicted molar refractivity (Wildman–Crippen MR) is 420 cm³/mol. The number of hydrogen-bond donors (Lipinski definition) is 0. The molecule has 0 rings (SSSR count). The van der Waals surface area contributed by atoms with Crippen LogP contribution in [0.25, 0.3) is 0 Å². The summed E-state index contributed by atoms with van der Waals surface area (Å²) in [6, 6.07) is 0. The number of likely N-dealkylation sites (N-methyl/N-ethyl adjacent to an activating group) is 1. The predicted octanol–water partition coefficient (Wildman–Crippen LogP) is 30.0. The Balaban J connectivity index is 0. The molecule has 0 spiro atoms. The second kappa shape index (κ2) is 72.6. The van der Waals surface area contributed by atoms with Crippen LogP contribution in [0.15, 0.2) is 25.3 Å². The molecule has 0 N–H and O–H groups in total. The van der Waals surface area contributed by atoms with Gasteiger partial charge in [0.2, 0.25) is 11.8 Å². The van der Waals surface area contributed by atoms with Gasteiger partial charge in [-0.2, -0.15) is 0 Å². The van der Waals surface area contributed by atoms with Crippen molar-refractivity contribution in [3.8, 4) is 0 Å². The van der Waals surface area contributed by atoms with Crippen LogP contribution in [0.4, 0.5) is 0 Å². The zero-order valence-electron chi connectivity index (χ0n) is 64.3. The molecule has 0 saturated heterocycles. The first-order valence-corrected chi connectivity index (χ1v) is 42.3. The van der Waals surface area contributed by atoms with Gasteiger partial charge in [-0.3, -0.25) is 14.6 Å². The molecular formula is C86H170BrN3O2. The maximum Gasteiger partial charge on any atom is 0.246 e. The van der Waals surface area contributed by atoms with Gasteiger partial charge in [0.15, 0.2) is 0 Å². The van der Waals surface area contributed by atoms with E-state index in [0.717, 1.165) is 77.0 Å². The molecule has 0 aliphatic rings. The van der Waals surface area contributed by atoms with E-state index in [2.05, 4.69) is 76.7 Å². The Morgan fingerprint density at radius 3 is 0.620 bits per heavy atom. The molecule has 0 bridgehead atoms. The molecule has 0 unspecified atom stereocenters. The summed E-state index contributed by atoms with van der Waals surface area (Å²) in [5, 5.41) is 4.49. The summed E-state index contributed by atoms with van der Waals surface area (Å²) in [4.78, 5) is 34.4. The zero-order chi connectivity index (χ0) is 66.5. The van der Waals surface area contributed by atoms with Gasteiger partial charge < -0.3 is 4.90 Å². The van der Waals surface area contributed by atoms with Crippen molar-refractivity contribution in [2.45, 2.75) is 496 Å². The van der Waals surface area contributed by atoms with Gasteiger partial charge in [0.1, 0.15) is 6.42 Å². The third kappa shape index (κ3) is 53.9. The number of halogens is 1. The van der Waals surface area contributed by atoms with Crippen molar-refractivity contribution >= 4 is 28.8 Å². The van der Waals surface area contributed by atoms with Crippen molar-refractivity contribution in [1.82, 2.24) is 14.9 Å². The van der Waals surface area contributed by atoms with Crippen molar-refractivity contribution < 1.29 is 9.59 Å². The van der Waals surface area contributed by atoms with Crippen LogP contribution in [0.3, 0.4) is 0 Å². The van der Waals surface area contributed by atoms with E-state index in [0.29, 0.717) is 13.1 Å². The topological polar surface area (TPSA) is 43.9 Å². The van der Waals surface area contributed by atoms with E-state index in [1.165, 1.54) is 360 Å². The molecule has 0 atom stereocenters. The summed E-state index contributed by atoms with van der Waals surface area (Å²) in [6.07, 6.45) is 92.0. The highest BCUT2D eigenvalue weighted by Gasteiger charge is 2.44. The number of nitrogens with zero attached hydrogens (tertiary/aromatic N) is 3. The van der Waals surface area contributed by atoms with Gasteiger partial charge in [-0.15, -0.1) is 30.1 Å². The molecule has 0 saturated carbocycles. The number of unbranched alkanes of at least 4 members (excludes halogenated alkanes) is 56. The maximum absolute atomic E-state index is 16.1. The Morgan fingerprint density at radius 2 is 0.435 bits per heavy atom. The quantitative estimate of drug-likeness (QED) is 0.0264. The van der Waals surface area contributed by atoms with Gasteiger partial charge >= 0.3 is 0 Å². The lowest BCUT2D eigenvalue weighted by Gasteiger charge is -2.49. The molecule has 2 amide bonds. The van der Waals surface area contributed by atoms with Gasteiger partial charge in [0.25, 0.3) is 0 Å². The maximum atomic E-state index is 16.1. The molecule has 0 aromatic rings. The van der Waals surface area contributed by atoms with Crippen molar-refractivity contribution in [2.75, 3.05) is 20.1 Å². The Hall–Kier alpha value is -1.14. The number of carbonyl (C=O) groups excluding carboxylic acids is 2. The van der Waals surface area contributed by atoms with Crippen molar-refractivity contribution in [1.29, 1.82) is 0 Å². The molecule has 6 heteroatoms. The monoisotopic (exact) mass is 1360 g/mol. The lowest BCUT2D eigenvalue weighted by molar-refractivity contribution is -0.169. The van der Waals surface area contributed by atoms with E-state index in [1.807, 2.05) is 12.2 Å². The van der Waals surface area contributed by atoms with Crippen LogP contribution in [0.2, 0.25) is 0 Å². The van der Waals surface area contributed by atoms with Gasteiger partial charge in [-0.05, 0) is 38.5 Å². The number of hydrogen-bond acceptors (Lipinski definition) is 3. The lowest BCUT2D eigenvalue weighted by Crippen LogP contribution is -2.60. The summed E-state index contributed by atoms with van der Waals surface area (Å²) in [5.41, 5.74) is -0.585. The van der Waals surface area contributed by atoms with E-state index < -0.39 is 0 Å². The molecule has 0 radical (unpaired) electrons. The van der Waals surface area contributed by atoms with Crippen LogP contribution in [0.5, 0.6) is 0 Å². The number of rotatable bonds is 77. The second-order valence-electron chi connectivity index (χ2n) is 30.1. The van der Waals surface area contributed by atoms with Crippen LogP contribution in [0, 0.1) is 0 Å². The molecule has 548 valence electrons. The fraction of sp³-hybridized carbons (Fsp3) is 0.930. The fourth-order valence-electron chi connectivity index (χ4n) is 15.5. The molecule has 0 fully saturated rings.